The van der Waals surface area contributed by atoms with Crippen LogP contribution in [-0.2, 0) is 14.3 Å². The molecule has 1 rings (SSSR count). The van der Waals surface area contributed by atoms with E-state index in [1.54, 1.807) is 11.8 Å². The second-order valence-electron chi connectivity index (χ2n) is 4.71. The molecule has 1 heterocycles. The maximum atomic E-state index is 11.7. The third-order valence-electron chi connectivity index (χ3n) is 2.83. The fourth-order valence-electron chi connectivity index (χ4n) is 1.50. The molecule has 0 aromatic heterocycles. The third kappa shape index (κ3) is 4.20. The molecule has 17 heavy (non-hydrogen) atoms. The van der Waals surface area contributed by atoms with Gasteiger partial charge >= 0.3 is 5.97 Å². The van der Waals surface area contributed by atoms with E-state index in [1.165, 1.54) is 0 Å². The Morgan fingerprint density at radius 3 is 2.47 bits per heavy atom. The van der Waals surface area contributed by atoms with Crippen molar-refractivity contribution in [1.82, 2.24) is 5.32 Å². The fraction of sp³-hybridized carbons (Fsp3) is 0.818. The standard InChI is InChI=1S/C11H19NO4S/c1-11(2,17-3)6-12-9(13)7-4-5-8(16-7)10(14)15/h7-8H,4-6H2,1-3H3,(H,12,13)(H,14,15). The molecular formula is C11H19NO4S. The van der Waals surface area contributed by atoms with Gasteiger partial charge in [0, 0.05) is 11.3 Å². The lowest BCUT2D eigenvalue weighted by Crippen LogP contribution is -2.41. The Hall–Kier alpha value is -0.750. The van der Waals surface area contributed by atoms with Gasteiger partial charge in [0.05, 0.1) is 0 Å². The van der Waals surface area contributed by atoms with Crippen molar-refractivity contribution in [1.29, 1.82) is 0 Å². The van der Waals surface area contributed by atoms with Crippen LogP contribution in [0, 0.1) is 0 Å². The lowest BCUT2D eigenvalue weighted by atomic mass is 10.1. The van der Waals surface area contributed by atoms with E-state index < -0.39 is 18.2 Å². The van der Waals surface area contributed by atoms with E-state index in [9.17, 15) is 9.59 Å². The minimum Gasteiger partial charge on any atom is -0.479 e. The predicted molar refractivity (Wildman–Crippen MR) is 66.1 cm³/mol. The lowest BCUT2D eigenvalue weighted by molar-refractivity contribution is -0.151. The van der Waals surface area contributed by atoms with Gasteiger partial charge in [0.25, 0.3) is 0 Å². The monoisotopic (exact) mass is 261 g/mol. The Balaban J connectivity index is 2.37. The van der Waals surface area contributed by atoms with Crippen LogP contribution in [0.5, 0.6) is 0 Å². The molecule has 0 aromatic rings. The smallest absolute Gasteiger partial charge is 0.332 e. The highest BCUT2D eigenvalue weighted by Crippen LogP contribution is 2.22. The van der Waals surface area contributed by atoms with Gasteiger partial charge in [0.1, 0.15) is 6.10 Å². The summed E-state index contributed by atoms with van der Waals surface area (Å²) in [6.07, 6.45) is 1.41. The number of rotatable bonds is 5. The molecule has 1 amide bonds. The summed E-state index contributed by atoms with van der Waals surface area (Å²) in [6.45, 7) is 4.62. The van der Waals surface area contributed by atoms with E-state index in [1.807, 2.05) is 20.1 Å². The average molecular weight is 261 g/mol. The molecule has 5 nitrogen and oxygen atoms in total. The summed E-state index contributed by atoms with van der Waals surface area (Å²) in [5.41, 5.74) is 0. The van der Waals surface area contributed by atoms with Crippen LogP contribution in [0.15, 0.2) is 0 Å². The summed E-state index contributed by atoms with van der Waals surface area (Å²) < 4.78 is 5.14. The van der Waals surface area contributed by atoms with Gasteiger partial charge in [-0.3, -0.25) is 4.79 Å². The van der Waals surface area contributed by atoms with Crippen molar-refractivity contribution < 1.29 is 19.4 Å². The van der Waals surface area contributed by atoms with Gasteiger partial charge in [-0.1, -0.05) is 0 Å². The molecule has 1 saturated heterocycles. The summed E-state index contributed by atoms with van der Waals surface area (Å²) in [6, 6.07) is 0. The Labute approximate surface area is 105 Å². The van der Waals surface area contributed by atoms with Crippen molar-refractivity contribution >= 4 is 23.6 Å². The number of carbonyl (C=O) groups excluding carboxylic acids is 1. The molecule has 0 aliphatic carbocycles. The first-order valence-electron chi connectivity index (χ1n) is 5.57. The predicted octanol–water partition coefficient (Wildman–Crippen LogP) is 0.876. The van der Waals surface area contributed by atoms with E-state index >= 15 is 0 Å². The summed E-state index contributed by atoms with van der Waals surface area (Å²) in [4.78, 5) is 22.4. The van der Waals surface area contributed by atoms with Gasteiger partial charge in [0.2, 0.25) is 5.91 Å². The molecule has 1 aliphatic rings. The van der Waals surface area contributed by atoms with Crippen LogP contribution >= 0.6 is 11.8 Å². The molecule has 98 valence electrons. The van der Waals surface area contributed by atoms with Crippen LogP contribution in [0.4, 0.5) is 0 Å². The number of amides is 1. The summed E-state index contributed by atoms with van der Waals surface area (Å²) in [5.74, 6) is -1.21. The fourth-order valence-corrected chi connectivity index (χ4v) is 1.71. The first kappa shape index (κ1) is 14.3. The van der Waals surface area contributed by atoms with E-state index in [2.05, 4.69) is 5.32 Å². The van der Waals surface area contributed by atoms with Crippen molar-refractivity contribution in [3.05, 3.63) is 0 Å². The number of aliphatic carboxylic acids is 1. The number of hydrogen-bond acceptors (Lipinski definition) is 4. The number of carboxylic acid groups (broad SMARTS) is 1. The number of hydrogen-bond donors (Lipinski definition) is 2. The maximum absolute atomic E-state index is 11.7. The van der Waals surface area contributed by atoms with Crippen LogP contribution in [0.2, 0.25) is 0 Å². The van der Waals surface area contributed by atoms with Crippen molar-refractivity contribution in [2.75, 3.05) is 12.8 Å². The second kappa shape index (κ2) is 5.73. The zero-order valence-corrected chi connectivity index (χ0v) is 11.2. The number of nitrogens with one attached hydrogen (secondary N) is 1. The van der Waals surface area contributed by atoms with Crippen molar-refractivity contribution in [2.45, 2.75) is 43.6 Å². The first-order valence-corrected chi connectivity index (χ1v) is 6.79. The molecule has 6 heteroatoms. The Morgan fingerprint density at radius 1 is 1.41 bits per heavy atom. The lowest BCUT2D eigenvalue weighted by Gasteiger charge is -2.23. The Morgan fingerprint density at radius 2 is 2.00 bits per heavy atom. The molecule has 1 aliphatic heterocycles. The highest BCUT2D eigenvalue weighted by Gasteiger charge is 2.35. The van der Waals surface area contributed by atoms with E-state index in [-0.39, 0.29) is 10.7 Å². The van der Waals surface area contributed by atoms with Crippen molar-refractivity contribution in [3.8, 4) is 0 Å². The minimum atomic E-state index is -0.996. The number of ether oxygens (including phenoxy) is 1. The van der Waals surface area contributed by atoms with E-state index in [4.69, 9.17) is 9.84 Å². The minimum absolute atomic E-state index is 0.0273. The number of thioether (sulfide) groups is 1. The SMILES string of the molecule is CSC(C)(C)CNC(=O)C1CCC(C(=O)O)O1. The summed E-state index contributed by atoms with van der Waals surface area (Å²) >= 11 is 1.67. The van der Waals surface area contributed by atoms with Gasteiger partial charge < -0.3 is 15.2 Å². The Kier molecular flexibility index (Phi) is 4.82. The highest BCUT2D eigenvalue weighted by atomic mass is 32.2. The van der Waals surface area contributed by atoms with Crippen molar-refractivity contribution in [2.24, 2.45) is 0 Å². The zero-order chi connectivity index (χ0) is 13.1. The number of carboxylic acids is 1. The average Bonchev–Trinajstić information content (AvgIpc) is 2.75. The molecular weight excluding hydrogens is 242 g/mol. The molecule has 0 bridgehead atoms. The van der Waals surface area contributed by atoms with Gasteiger partial charge in [-0.05, 0) is 32.9 Å². The molecule has 2 N–H and O–H groups in total. The van der Waals surface area contributed by atoms with Crippen molar-refractivity contribution in [3.63, 3.8) is 0 Å². The zero-order valence-electron chi connectivity index (χ0n) is 10.4. The van der Waals surface area contributed by atoms with Crippen LogP contribution < -0.4 is 5.32 Å². The van der Waals surface area contributed by atoms with Gasteiger partial charge in [-0.15, -0.1) is 0 Å². The quantitative estimate of drug-likeness (QED) is 0.768. The van der Waals surface area contributed by atoms with Gasteiger partial charge in [-0.25, -0.2) is 4.79 Å². The third-order valence-corrected chi connectivity index (χ3v) is 4.08. The first-order chi connectivity index (χ1) is 7.85. The summed E-state index contributed by atoms with van der Waals surface area (Å²) in [5, 5.41) is 11.5. The number of carbonyl (C=O) groups is 2. The largest absolute Gasteiger partial charge is 0.479 e. The van der Waals surface area contributed by atoms with Gasteiger partial charge in [0.15, 0.2) is 6.10 Å². The van der Waals surface area contributed by atoms with Crippen LogP contribution in [0.3, 0.4) is 0 Å². The topological polar surface area (TPSA) is 75.6 Å². The molecule has 1 fully saturated rings. The van der Waals surface area contributed by atoms with Crippen LogP contribution in [0.25, 0.3) is 0 Å². The molecule has 0 radical (unpaired) electrons. The van der Waals surface area contributed by atoms with E-state index in [0.717, 1.165) is 0 Å². The van der Waals surface area contributed by atoms with Crippen LogP contribution in [-0.4, -0.2) is 46.7 Å². The van der Waals surface area contributed by atoms with Gasteiger partial charge in [-0.2, -0.15) is 11.8 Å². The second-order valence-corrected chi connectivity index (χ2v) is 6.22. The molecule has 2 unspecified atom stereocenters. The molecule has 0 aromatic carbocycles. The summed E-state index contributed by atoms with van der Waals surface area (Å²) in [7, 11) is 0. The molecule has 0 spiro atoms. The molecule has 2 atom stereocenters. The Bertz CT molecular complexity index is 306. The highest BCUT2D eigenvalue weighted by molar-refractivity contribution is 7.99. The van der Waals surface area contributed by atoms with E-state index in [0.29, 0.717) is 19.4 Å². The maximum Gasteiger partial charge on any atom is 0.332 e. The molecule has 0 saturated carbocycles. The van der Waals surface area contributed by atoms with Crippen LogP contribution in [0.1, 0.15) is 26.7 Å². The normalized spacial score (nSPS) is 24.6.